The van der Waals surface area contributed by atoms with Crippen LogP contribution in [0.2, 0.25) is 0 Å². The van der Waals surface area contributed by atoms with Gasteiger partial charge in [-0.2, -0.15) is 0 Å². The molecule has 0 spiro atoms. The molecule has 6 nitrogen and oxygen atoms in total. The highest BCUT2D eigenvalue weighted by Crippen LogP contribution is 2.26. The van der Waals surface area contributed by atoms with Crippen LogP contribution in [0.15, 0.2) is 24.3 Å². The molecule has 0 aliphatic carbocycles. The number of nitrogens with one attached hydrogen (secondary N) is 2. The second-order valence-electron chi connectivity index (χ2n) is 5.85. The van der Waals surface area contributed by atoms with E-state index in [2.05, 4.69) is 10.6 Å². The third kappa shape index (κ3) is 3.13. The number of nitrogens with zero attached hydrogens (tertiary/aromatic N) is 1. The van der Waals surface area contributed by atoms with Crippen LogP contribution in [-0.2, 0) is 16.0 Å². The molecule has 6 heteroatoms. The molecule has 22 heavy (non-hydrogen) atoms. The van der Waals surface area contributed by atoms with E-state index in [1.54, 1.807) is 4.90 Å². The molecular formula is C16H21N3O3. The van der Waals surface area contributed by atoms with Crippen molar-refractivity contribution in [2.24, 2.45) is 0 Å². The van der Waals surface area contributed by atoms with E-state index < -0.39 is 12.1 Å². The molecule has 1 aromatic carbocycles. The number of carbonyl (C=O) groups is 2. The normalized spacial score (nSPS) is 24.0. The van der Waals surface area contributed by atoms with Gasteiger partial charge in [-0.1, -0.05) is 18.2 Å². The van der Waals surface area contributed by atoms with Crippen LogP contribution < -0.4 is 15.5 Å². The fourth-order valence-corrected chi connectivity index (χ4v) is 3.09. The number of amides is 2. The molecule has 118 valence electrons. The van der Waals surface area contributed by atoms with Gasteiger partial charge in [0.2, 0.25) is 11.8 Å². The number of hydrogen-bond acceptors (Lipinski definition) is 4. The summed E-state index contributed by atoms with van der Waals surface area (Å²) >= 11 is 0. The molecular weight excluding hydrogens is 282 g/mol. The van der Waals surface area contributed by atoms with Crippen molar-refractivity contribution in [1.29, 1.82) is 0 Å². The Morgan fingerprint density at radius 2 is 2.18 bits per heavy atom. The second-order valence-corrected chi connectivity index (χ2v) is 5.85. The lowest BCUT2D eigenvalue weighted by Crippen LogP contribution is -2.47. The average Bonchev–Trinajstić information content (AvgIpc) is 2.98. The number of aliphatic hydroxyl groups excluding tert-OH is 1. The Morgan fingerprint density at radius 1 is 1.36 bits per heavy atom. The van der Waals surface area contributed by atoms with E-state index in [1.807, 2.05) is 24.3 Å². The Balaban J connectivity index is 1.58. The summed E-state index contributed by atoms with van der Waals surface area (Å²) < 4.78 is 0. The van der Waals surface area contributed by atoms with Gasteiger partial charge in [-0.25, -0.2) is 0 Å². The van der Waals surface area contributed by atoms with Gasteiger partial charge in [-0.05, 0) is 30.9 Å². The Hall–Kier alpha value is -1.92. The van der Waals surface area contributed by atoms with Crippen LogP contribution in [0, 0.1) is 0 Å². The van der Waals surface area contributed by atoms with Crippen LogP contribution in [0.25, 0.3) is 0 Å². The number of rotatable bonds is 3. The Kier molecular flexibility index (Phi) is 4.40. The number of aliphatic hydroxyl groups is 1. The van der Waals surface area contributed by atoms with Crippen molar-refractivity contribution in [2.45, 2.75) is 31.4 Å². The van der Waals surface area contributed by atoms with E-state index in [4.69, 9.17) is 0 Å². The molecule has 1 saturated heterocycles. The minimum atomic E-state index is -0.486. The molecule has 3 N–H and O–H groups in total. The summed E-state index contributed by atoms with van der Waals surface area (Å²) in [7, 11) is 0. The van der Waals surface area contributed by atoms with E-state index in [-0.39, 0.29) is 18.4 Å². The lowest BCUT2D eigenvalue weighted by atomic mass is 10.0. The van der Waals surface area contributed by atoms with Crippen LogP contribution in [0.4, 0.5) is 5.69 Å². The van der Waals surface area contributed by atoms with Crippen LogP contribution in [0.1, 0.15) is 18.4 Å². The molecule has 1 fully saturated rings. The lowest BCUT2D eigenvalue weighted by Gasteiger charge is -2.29. The number of fused-ring (bicyclic) bond motifs is 1. The summed E-state index contributed by atoms with van der Waals surface area (Å²) in [6, 6.07) is 7.48. The zero-order chi connectivity index (χ0) is 15.5. The van der Waals surface area contributed by atoms with Crippen molar-refractivity contribution in [3.63, 3.8) is 0 Å². The highest BCUT2D eigenvalue weighted by Gasteiger charge is 2.29. The maximum absolute atomic E-state index is 12.4. The maximum Gasteiger partial charge on any atom is 0.246 e. The van der Waals surface area contributed by atoms with Gasteiger partial charge in [-0.15, -0.1) is 0 Å². The van der Waals surface area contributed by atoms with E-state index in [0.29, 0.717) is 19.5 Å². The smallest absolute Gasteiger partial charge is 0.246 e. The highest BCUT2D eigenvalue weighted by atomic mass is 16.3. The molecule has 0 radical (unpaired) electrons. The van der Waals surface area contributed by atoms with Gasteiger partial charge in [0.1, 0.15) is 0 Å². The minimum Gasteiger partial charge on any atom is -0.392 e. The number of aryl methyl sites for hydroxylation is 1. The van der Waals surface area contributed by atoms with E-state index in [0.717, 1.165) is 18.5 Å². The molecule has 2 aliphatic heterocycles. The van der Waals surface area contributed by atoms with Crippen molar-refractivity contribution < 1.29 is 14.7 Å². The number of carbonyl (C=O) groups excluding carboxylic acids is 2. The number of β-amino-alcohol motifs (C(OH)–C–C–N with tert-alkyl or cyclic N) is 1. The molecule has 0 bridgehead atoms. The van der Waals surface area contributed by atoms with Gasteiger partial charge >= 0.3 is 0 Å². The highest BCUT2D eigenvalue weighted by molar-refractivity contribution is 5.98. The number of anilines is 1. The van der Waals surface area contributed by atoms with Gasteiger partial charge in [0.15, 0.2) is 0 Å². The summed E-state index contributed by atoms with van der Waals surface area (Å²) in [5.41, 5.74) is 2.12. The number of benzene rings is 1. The quantitative estimate of drug-likeness (QED) is 0.722. The van der Waals surface area contributed by atoms with Crippen LogP contribution in [-0.4, -0.2) is 48.7 Å². The van der Waals surface area contributed by atoms with Gasteiger partial charge in [-0.3, -0.25) is 9.59 Å². The SMILES string of the molecule is O=C(NCC(=O)N1CCCc2ccccc21)C1CC(O)CN1. The third-order valence-corrected chi connectivity index (χ3v) is 4.25. The first kappa shape index (κ1) is 15.0. The standard InChI is InChI=1S/C16H21N3O3/c20-12-8-13(17-9-12)16(22)18-10-15(21)19-7-3-5-11-4-1-2-6-14(11)19/h1-2,4,6,12-13,17,20H,3,5,7-10H2,(H,18,22). The first-order chi connectivity index (χ1) is 10.6. The zero-order valence-electron chi connectivity index (χ0n) is 12.4. The second kappa shape index (κ2) is 6.46. The molecule has 1 aromatic rings. The fraction of sp³-hybridized carbons (Fsp3) is 0.500. The van der Waals surface area contributed by atoms with Gasteiger partial charge in [0.25, 0.3) is 0 Å². The lowest BCUT2D eigenvalue weighted by molar-refractivity contribution is -0.126. The monoisotopic (exact) mass is 303 g/mol. The van der Waals surface area contributed by atoms with E-state index in [9.17, 15) is 14.7 Å². The Labute approximate surface area is 129 Å². The topological polar surface area (TPSA) is 81.7 Å². The molecule has 0 saturated carbocycles. The van der Waals surface area contributed by atoms with Crippen molar-refractivity contribution >= 4 is 17.5 Å². The van der Waals surface area contributed by atoms with Crippen molar-refractivity contribution in [3.05, 3.63) is 29.8 Å². The van der Waals surface area contributed by atoms with Crippen molar-refractivity contribution in [3.8, 4) is 0 Å². The molecule has 2 aliphatic rings. The summed E-state index contributed by atoms with van der Waals surface area (Å²) in [5, 5.41) is 15.0. The predicted molar refractivity (Wildman–Crippen MR) is 82.5 cm³/mol. The van der Waals surface area contributed by atoms with Gasteiger partial charge in [0, 0.05) is 18.8 Å². The van der Waals surface area contributed by atoms with Crippen LogP contribution in [0.5, 0.6) is 0 Å². The van der Waals surface area contributed by atoms with Crippen molar-refractivity contribution in [2.75, 3.05) is 24.5 Å². The fourth-order valence-electron chi connectivity index (χ4n) is 3.09. The molecule has 2 atom stereocenters. The minimum absolute atomic E-state index is 0.0125. The zero-order valence-corrected chi connectivity index (χ0v) is 12.4. The van der Waals surface area contributed by atoms with E-state index in [1.165, 1.54) is 5.56 Å². The molecule has 2 amide bonds. The molecule has 2 heterocycles. The summed E-state index contributed by atoms with van der Waals surface area (Å²) in [4.78, 5) is 26.1. The Morgan fingerprint density at radius 3 is 2.95 bits per heavy atom. The Bertz CT molecular complexity index is 576. The average molecular weight is 303 g/mol. The first-order valence-corrected chi connectivity index (χ1v) is 7.72. The first-order valence-electron chi connectivity index (χ1n) is 7.72. The van der Waals surface area contributed by atoms with E-state index >= 15 is 0 Å². The van der Waals surface area contributed by atoms with Gasteiger partial charge in [0.05, 0.1) is 18.7 Å². The number of para-hydroxylation sites is 1. The number of hydrogen-bond donors (Lipinski definition) is 3. The predicted octanol–water partition coefficient (Wildman–Crippen LogP) is -0.195. The van der Waals surface area contributed by atoms with Crippen LogP contribution in [0.3, 0.4) is 0 Å². The summed E-state index contributed by atoms with van der Waals surface area (Å²) in [5.74, 6) is -0.325. The molecule has 3 rings (SSSR count). The largest absolute Gasteiger partial charge is 0.392 e. The van der Waals surface area contributed by atoms with Gasteiger partial charge < -0.3 is 20.6 Å². The summed E-state index contributed by atoms with van der Waals surface area (Å²) in [6.45, 7) is 1.10. The maximum atomic E-state index is 12.4. The molecule has 2 unspecified atom stereocenters. The summed E-state index contributed by atoms with van der Waals surface area (Å²) in [6.07, 6.45) is 1.83. The molecule has 0 aromatic heterocycles. The van der Waals surface area contributed by atoms with Crippen molar-refractivity contribution in [1.82, 2.24) is 10.6 Å². The van der Waals surface area contributed by atoms with Crippen LogP contribution >= 0.6 is 0 Å². The third-order valence-electron chi connectivity index (χ3n) is 4.25.